The highest BCUT2D eigenvalue weighted by Gasteiger charge is 1.95. The van der Waals surface area contributed by atoms with E-state index >= 15 is 0 Å². The quantitative estimate of drug-likeness (QED) is 0.302. The first kappa shape index (κ1) is 20.5. The lowest BCUT2D eigenvalue weighted by molar-refractivity contribution is 0.532. The van der Waals surface area contributed by atoms with Gasteiger partial charge in [0, 0.05) is 5.70 Å². The minimum absolute atomic E-state index is 1.06. The summed E-state index contributed by atoms with van der Waals surface area (Å²) in [5.74, 6) is 0. The van der Waals surface area contributed by atoms with E-state index in [1.165, 1.54) is 96.3 Å². The van der Waals surface area contributed by atoms with Crippen LogP contribution in [0.15, 0.2) is 11.8 Å². The number of hydrogen-bond donors (Lipinski definition) is 1. The van der Waals surface area contributed by atoms with Gasteiger partial charge in [0.2, 0.25) is 0 Å². The number of rotatable bonds is 16. The van der Waals surface area contributed by atoms with Crippen molar-refractivity contribution in [3.8, 4) is 0 Å². The lowest BCUT2D eigenvalue weighted by Crippen LogP contribution is -1.95. The molecule has 0 atom stereocenters. The van der Waals surface area contributed by atoms with Gasteiger partial charge < -0.3 is 5.73 Å². The van der Waals surface area contributed by atoms with Gasteiger partial charge in [-0.15, -0.1) is 0 Å². The number of unbranched alkanes of at least 4 members (excludes halogenated alkanes) is 14. The van der Waals surface area contributed by atoms with E-state index in [4.69, 9.17) is 5.73 Å². The SMILES string of the molecule is CC=C(N)CCCCCCCCCCCCCCCCC. The van der Waals surface area contributed by atoms with Crippen LogP contribution >= 0.6 is 0 Å². The summed E-state index contributed by atoms with van der Waals surface area (Å²) >= 11 is 0. The summed E-state index contributed by atoms with van der Waals surface area (Å²) < 4.78 is 0. The van der Waals surface area contributed by atoms with Crippen molar-refractivity contribution >= 4 is 0 Å². The fourth-order valence-corrected chi connectivity index (χ4v) is 2.84. The number of nitrogens with two attached hydrogens (primary N) is 1. The van der Waals surface area contributed by atoms with E-state index in [9.17, 15) is 0 Å². The normalized spacial score (nSPS) is 12.0. The molecular weight excluding hydrogens is 254 g/mol. The molecule has 0 spiro atoms. The highest BCUT2D eigenvalue weighted by molar-refractivity contribution is 4.92. The molecule has 0 radical (unpaired) electrons. The van der Waals surface area contributed by atoms with Gasteiger partial charge in [0.1, 0.15) is 0 Å². The van der Waals surface area contributed by atoms with E-state index < -0.39 is 0 Å². The van der Waals surface area contributed by atoms with Crippen LogP contribution in [0.3, 0.4) is 0 Å². The Labute approximate surface area is 134 Å². The molecule has 0 fully saturated rings. The van der Waals surface area contributed by atoms with Crippen LogP contribution in [0.25, 0.3) is 0 Å². The average molecular weight is 296 g/mol. The van der Waals surface area contributed by atoms with Crippen LogP contribution in [0.2, 0.25) is 0 Å². The van der Waals surface area contributed by atoms with Gasteiger partial charge >= 0.3 is 0 Å². The summed E-state index contributed by atoms with van der Waals surface area (Å²) in [4.78, 5) is 0. The lowest BCUT2D eigenvalue weighted by Gasteiger charge is -2.03. The van der Waals surface area contributed by atoms with Crippen LogP contribution in [0.5, 0.6) is 0 Å². The van der Waals surface area contributed by atoms with Gasteiger partial charge in [-0.2, -0.15) is 0 Å². The Morgan fingerprint density at radius 2 is 0.952 bits per heavy atom. The van der Waals surface area contributed by atoms with Crippen LogP contribution < -0.4 is 5.73 Å². The molecule has 0 bridgehead atoms. The van der Waals surface area contributed by atoms with E-state index in [0.29, 0.717) is 0 Å². The Bertz CT molecular complexity index is 220. The first-order chi connectivity index (χ1) is 10.3. The Morgan fingerprint density at radius 1 is 0.619 bits per heavy atom. The minimum atomic E-state index is 1.06. The third-order valence-electron chi connectivity index (χ3n) is 4.44. The summed E-state index contributed by atoms with van der Waals surface area (Å²) in [6.45, 7) is 4.32. The third-order valence-corrected chi connectivity index (χ3v) is 4.44. The smallest absolute Gasteiger partial charge is 0.00371 e. The lowest BCUT2D eigenvalue weighted by atomic mass is 10.0. The maximum absolute atomic E-state index is 5.79. The zero-order valence-electron chi connectivity index (χ0n) is 15.0. The standard InChI is InChI=1S/C20H41N/c1-3-5-6-7-8-9-10-11-12-13-14-15-16-17-18-19-20(21)4-2/h4H,3,5-19,21H2,1-2H3. The molecule has 1 heteroatoms. The van der Waals surface area contributed by atoms with Gasteiger partial charge in [-0.25, -0.2) is 0 Å². The summed E-state index contributed by atoms with van der Waals surface area (Å²) in [5.41, 5.74) is 6.85. The molecule has 0 aromatic heterocycles. The molecule has 0 saturated carbocycles. The Hall–Kier alpha value is -0.460. The van der Waals surface area contributed by atoms with Crippen molar-refractivity contribution in [3.63, 3.8) is 0 Å². The van der Waals surface area contributed by atoms with Crippen LogP contribution in [-0.4, -0.2) is 0 Å². The van der Waals surface area contributed by atoms with Gasteiger partial charge in [-0.05, 0) is 19.8 Å². The summed E-state index contributed by atoms with van der Waals surface area (Å²) in [7, 11) is 0. The van der Waals surface area contributed by atoms with Crippen LogP contribution in [0.4, 0.5) is 0 Å². The first-order valence-electron chi connectivity index (χ1n) is 9.72. The molecule has 0 unspecified atom stereocenters. The molecule has 0 aliphatic carbocycles. The monoisotopic (exact) mass is 295 g/mol. The molecule has 0 aromatic carbocycles. The molecule has 21 heavy (non-hydrogen) atoms. The second kappa shape index (κ2) is 17.6. The summed E-state index contributed by atoms with van der Waals surface area (Å²) in [5, 5.41) is 0. The maximum Gasteiger partial charge on any atom is 0.00371 e. The van der Waals surface area contributed by atoms with Crippen molar-refractivity contribution < 1.29 is 0 Å². The molecule has 0 aliphatic rings. The average Bonchev–Trinajstić information content (AvgIpc) is 2.50. The number of allylic oxidation sites excluding steroid dienone is 2. The van der Waals surface area contributed by atoms with E-state index in [-0.39, 0.29) is 0 Å². The van der Waals surface area contributed by atoms with Crippen molar-refractivity contribution in [1.29, 1.82) is 0 Å². The van der Waals surface area contributed by atoms with Crippen molar-refractivity contribution in [2.45, 2.75) is 117 Å². The Kier molecular flexibility index (Phi) is 17.2. The fourth-order valence-electron chi connectivity index (χ4n) is 2.84. The first-order valence-corrected chi connectivity index (χ1v) is 9.72. The second-order valence-corrected chi connectivity index (χ2v) is 6.56. The van der Waals surface area contributed by atoms with Crippen molar-refractivity contribution in [1.82, 2.24) is 0 Å². The number of hydrogen-bond acceptors (Lipinski definition) is 1. The molecule has 0 aliphatic heterocycles. The van der Waals surface area contributed by atoms with Crippen LogP contribution in [0, 0.1) is 0 Å². The second-order valence-electron chi connectivity index (χ2n) is 6.56. The molecule has 0 aromatic rings. The molecular formula is C20H41N. The summed E-state index contributed by atoms with van der Waals surface area (Å²) in [6, 6.07) is 0. The Morgan fingerprint density at radius 3 is 1.29 bits per heavy atom. The minimum Gasteiger partial charge on any atom is -0.402 e. The zero-order valence-corrected chi connectivity index (χ0v) is 15.0. The highest BCUT2D eigenvalue weighted by Crippen LogP contribution is 2.14. The fraction of sp³-hybridized carbons (Fsp3) is 0.900. The molecule has 126 valence electrons. The van der Waals surface area contributed by atoms with E-state index in [1.807, 2.05) is 13.0 Å². The highest BCUT2D eigenvalue weighted by atomic mass is 14.6. The van der Waals surface area contributed by atoms with Gasteiger partial charge in [0.15, 0.2) is 0 Å². The maximum atomic E-state index is 5.79. The zero-order chi connectivity index (χ0) is 15.6. The Balaban J connectivity index is 2.99. The van der Waals surface area contributed by atoms with Crippen LogP contribution in [-0.2, 0) is 0 Å². The van der Waals surface area contributed by atoms with Gasteiger partial charge in [0.25, 0.3) is 0 Å². The van der Waals surface area contributed by atoms with Crippen molar-refractivity contribution in [3.05, 3.63) is 11.8 Å². The van der Waals surface area contributed by atoms with Gasteiger partial charge in [-0.3, -0.25) is 0 Å². The molecule has 0 saturated heterocycles. The van der Waals surface area contributed by atoms with E-state index in [2.05, 4.69) is 6.92 Å². The van der Waals surface area contributed by atoms with Crippen molar-refractivity contribution in [2.75, 3.05) is 0 Å². The molecule has 0 heterocycles. The largest absolute Gasteiger partial charge is 0.402 e. The van der Waals surface area contributed by atoms with E-state index in [0.717, 1.165) is 12.1 Å². The van der Waals surface area contributed by atoms with Gasteiger partial charge in [0.05, 0.1) is 0 Å². The molecule has 1 nitrogen and oxygen atoms in total. The van der Waals surface area contributed by atoms with Crippen LogP contribution in [0.1, 0.15) is 117 Å². The molecule has 2 N–H and O–H groups in total. The topological polar surface area (TPSA) is 26.0 Å². The van der Waals surface area contributed by atoms with E-state index in [1.54, 1.807) is 0 Å². The molecule has 0 rings (SSSR count). The predicted molar refractivity (Wildman–Crippen MR) is 97.5 cm³/mol. The summed E-state index contributed by atoms with van der Waals surface area (Å²) in [6.07, 6.45) is 24.5. The van der Waals surface area contributed by atoms with Gasteiger partial charge in [-0.1, -0.05) is 103 Å². The molecule has 0 amide bonds. The van der Waals surface area contributed by atoms with Crippen molar-refractivity contribution in [2.24, 2.45) is 5.73 Å². The third kappa shape index (κ3) is 17.5. The predicted octanol–water partition coefficient (Wildman–Crippen LogP) is 7.11.